The van der Waals surface area contributed by atoms with Crippen LogP contribution in [0.4, 0.5) is 0 Å². The Morgan fingerprint density at radius 2 is 1.40 bits per heavy atom. The van der Waals surface area contributed by atoms with Gasteiger partial charge in [-0.05, 0) is 33.1 Å². The summed E-state index contributed by atoms with van der Waals surface area (Å²) in [6, 6.07) is 0. The Hall–Kier alpha value is -0.480. The van der Waals surface area contributed by atoms with Gasteiger partial charge < -0.3 is 0 Å². The summed E-state index contributed by atoms with van der Waals surface area (Å²) in [7, 11) is 0. The van der Waals surface area contributed by atoms with Crippen molar-refractivity contribution in [1.82, 2.24) is 0 Å². The van der Waals surface area contributed by atoms with Gasteiger partial charge in [0.05, 0.1) is 5.54 Å². The second-order valence-corrected chi connectivity index (χ2v) is 6.37. The number of rotatable bonds is 3. The Balaban J connectivity index is 4.66. The van der Waals surface area contributed by atoms with Gasteiger partial charge >= 0.3 is 0 Å². The minimum Gasteiger partial charge on any atom is -0.249 e. The molecule has 1 atom stereocenters. The van der Waals surface area contributed by atoms with Crippen LogP contribution in [0.15, 0.2) is 10.2 Å². The molecule has 0 heterocycles. The van der Waals surface area contributed by atoms with Gasteiger partial charge in [0.15, 0.2) is 0 Å². The van der Waals surface area contributed by atoms with Crippen molar-refractivity contribution >= 4 is 0 Å². The lowest BCUT2D eigenvalue weighted by atomic mass is 9.87. The molecule has 0 aromatic carbocycles. The Labute approximate surface area is 92.7 Å². The van der Waals surface area contributed by atoms with E-state index in [2.05, 4.69) is 35.9 Å². The monoisotopic (exact) mass is 216 g/mol. The van der Waals surface area contributed by atoms with E-state index in [9.17, 15) is 0 Å². The molecule has 0 amide bonds. The van der Waals surface area contributed by atoms with E-state index < -0.39 is 5.72 Å². The molecule has 0 aromatic heterocycles. The van der Waals surface area contributed by atoms with Crippen molar-refractivity contribution in [2.45, 2.75) is 66.2 Å². The highest BCUT2D eigenvalue weighted by atomic mass is 17.1. The summed E-state index contributed by atoms with van der Waals surface area (Å²) in [5.41, 5.74) is -1.18. The third kappa shape index (κ3) is 7.45. The summed E-state index contributed by atoms with van der Waals surface area (Å²) < 4.78 is 0. The fraction of sp³-hybridized carbons (Fsp3) is 1.00. The molecule has 0 saturated heterocycles. The second kappa shape index (κ2) is 4.58. The lowest BCUT2D eigenvalue weighted by molar-refractivity contribution is -0.323. The first-order valence-electron chi connectivity index (χ1n) is 5.24. The van der Waals surface area contributed by atoms with Crippen LogP contribution in [-0.2, 0) is 4.89 Å². The van der Waals surface area contributed by atoms with Crippen LogP contribution in [0.25, 0.3) is 0 Å². The van der Waals surface area contributed by atoms with Gasteiger partial charge in [-0.15, -0.1) is 0 Å². The zero-order valence-electron chi connectivity index (χ0n) is 11.0. The normalized spacial score (nSPS) is 18.1. The first kappa shape index (κ1) is 14.5. The van der Waals surface area contributed by atoms with E-state index in [1.165, 1.54) is 0 Å². The van der Waals surface area contributed by atoms with Crippen LogP contribution in [0.5, 0.6) is 0 Å². The summed E-state index contributed by atoms with van der Waals surface area (Å²) in [5, 5.41) is 17.1. The van der Waals surface area contributed by atoms with Crippen LogP contribution < -0.4 is 0 Å². The average Bonchev–Trinajstić information content (AvgIpc) is 1.97. The van der Waals surface area contributed by atoms with Crippen molar-refractivity contribution in [2.24, 2.45) is 15.6 Å². The maximum atomic E-state index is 8.89. The molecule has 0 bridgehead atoms. The molecular formula is C11H24N2O2. The SMILES string of the molecule is CC(C)(C)CC(C)(/N=N/C(C)(C)C)OO. The van der Waals surface area contributed by atoms with E-state index in [0.717, 1.165) is 0 Å². The first-order valence-corrected chi connectivity index (χ1v) is 5.24. The van der Waals surface area contributed by atoms with E-state index in [4.69, 9.17) is 5.26 Å². The predicted molar refractivity (Wildman–Crippen MR) is 60.8 cm³/mol. The van der Waals surface area contributed by atoms with Gasteiger partial charge in [-0.1, -0.05) is 20.8 Å². The van der Waals surface area contributed by atoms with Gasteiger partial charge in [-0.25, -0.2) is 10.1 Å². The maximum Gasteiger partial charge on any atom is 0.209 e. The van der Waals surface area contributed by atoms with Gasteiger partial charge in [-0.3, -0.25) is 0 Å². The van der Waals surface area contributed by atoms with Crippen LogP contribution in [0.1, 0.15) is 54.9 Å². The summed E-state index contributed by atoms with van der Waals surface area (Å²) in [6.07, 6.45) is 0.607. The zero-order valence-corrected chi connectivity index (χ0v) is 11.0. The largest absolute Gasteiger partial charge is 0.249 e. The van der Waals surface area contributed by atoms with Crippen molar-refractivity contribution in [2.75, 3.05) is 0 Å². The molecule has 4 heteroatoms. The zero-order chi connectivity index (χ0) is 12.3. The molecule has 0 aromatic rings. The van der Waals surface area contributed by atoms with Crippen molar-refractivity contribution in [3.8, 4) is 0 Å². The van der Waals surface area contributed by atoms with Gasteiger partial charge in [0.1, 0.15) is 0 Å². The minimum absolute atomic E-state index is 0.0222. The molecule has 0 aliphatic carbocycles. The highest BCUT2D eigenvalue weighted by Gasteiger charge is 2.32. The van der Waals surface area contributed by atoms with E-state index in [-0.39, 0.29) is 11.0 Å². The highest BCUT2D eigenvalue weighted by molar-refractivity contribution is 4.79. The summed E-state index contributed by atoms with van der Waals surface area (Å²) in [6.45, 7) is 13.8. The summed E-state index contributed by atoms with van der Waals surface area (Å²) in [4.78, 5) is 4.45. The van der Waals surface area contributed by atoms with Crippen LogP contribution in [-0.4, -0.2) is 16.5 Å². The standard InChI is InChI=1S/C11H24N2O2/c1-9(2,3)8-11(7,15-14)13-12-10(4,5)6/h14H,8H2,1-7H3/b13-12+. The van der Waals surface area contributed by atoms with E-state index in [0.29, 0.717) is 6.42 Å². The molecule has 0 aliphatic rings. The third-order valence-corrected chi connectivity index (χ3v) is 1.62. The average molecular weight is 216 g/mol. The van der Waals surface area contributed by atoms with Crippen molar-refractivity contribution in [3.05, 3.63) is 0 Å². The molecule has 0 radical (unpaired) electrons. The Bertz CT molecular complexity index is 226. The lowest BCUT2D eigenvalue weighted by Crippen LogP contribution is -2.31. The highest BCUT2D eigenvalue weighted by Crippen LogP contribution is 2.31. The minimum atomic E-state index is -0.953. The van der Waals surface area contributed by atoms with Gasteiger partial charge in [0, 0.05) is 6.42 Å². The van der Waals surface area contributed by atoms with Gasteiger partial charge in [0.25, 0.3) is 0 Å². The fourth-order valence-electron chi connectivity index (χ4n) is 1.33. The Kier molecular flexibility index (Phi) is 4.43. The molecule has 1 unspecified atom stereocenters. The van der Waals surface area contributed by atoms with Crippen LogP contribution in [0.3, 0.4) is 0 Å². The van der Waals surface area contributed by atoms with Crippen LogP contribution in [0.2, 0.25) is 0 Å². The van der Waals surface area contributed by atoms with Crippen molar-refractivity contribution < 1.29 is 10.1 Å². The molecule has 0 rings (SSSR count). The third-order valence-electron chi connectivity index (χ3n) is 1.62. The van der Waals surface area contributed by atoms with E-state index >= 15 is 0 Å². The Morgan fingerprint density at radius 3 is 1.67 bits per heavy atom. The molecule has 4 nitrogen and oxygen atoms in total. The lowest BCUT2D eigenvalue weighted by Gasteiger charge is -2.29. The molecule has 0 saturated carbocycles. The van der Waals surface area contributed by atoms with Crippen molar-refractivity contribution in [1.29, 1.82) is 0 Å². The molecule has 90 valence electrons. The van der Waals surface area contributed by atoms with Crippen LogP contribution >= 0.6 is 0 Å². The Morgan fingerprint density at radius 1 is 0.933 bits per heavy atom. The summed E-state index contributed by atoms with van der Waals surface area (Å²) in [5.74, 6) is 0. The van der Waals surface area contributed by atoms with Gasteiger partial charge in [-0.2, -0.15) is 10.2 Å². The van der Waals surface area contributed by atoms with E-state index in [1.54, 1.807) is 6.92 Å². The topological polar surface area (TPSA) is 54.2 Å². The molecule has 0 spiro atoms. The number of hydrogen-bond donors (Lipinski definition) is 1. The molecule has 0 aliphatic heterocycles. The number of hydrogen-bond acceptors (Lipinski definition) is 4. The first-order chi connectivity index (χ1) is 6.47. The number of azo groups is 1. The van der Waals surface area contributed by atoms with E-state index in [1.807, 2.05) is 20.8 Å². The second-order valence-electron chi connectivity index (χ2n) is 6.37. The smallest absolute Gasteiger partial charge is 0.209 e. The fourth-order valence-corrected chi connectivity index (χ4v) is 1.33. The molecule has 1 N–H and O–H groups in total. The maximum absolute atomic E-state index is 8.89. The quantitative estimate of drug-likeness (QED) is 0.442. The van der Waals surface area contributed by atoms with Gasteiger partial charge in [0.2, 0.25) is 5.72 Å². The summed E-state index contributed by atoms with van der Waals surface area (Å²) >= 11 is 0. The van der Waals surface area contributed by atoms with Crippen molar-refractivity contribution in [3.63, 3.8) is 0 Å². The van der Waals surface area contributed by atoms with Crippen LogP contribution in [0, 0.1) is 5.41 Å². The molecule has 0 fully saturated rings. The number of nitrogens with zero attached hydrogens (tertiary/aromatic N) is 2. The molecule has 15 heavy (non-hydrogen) atoms. The predicted octanol–water partition coefficient (Wildman–Crippen LogP) is 3.88. The molecular weight excluding hydrogens is 192 g/mol.